The van der Waals surface area contributed by atoms with Crippen LogP contribution in [0.15, 0.2) is 135 Å². The molecule has 2 saturated heterocycles. The molecule has 0 amide bonds. The Labute approximate surface area is 307 Å². The zero-order valence-electron chi connectivity index (χ0n) is 29.9. The van der Waals surface area contributed by atoms with Gasteiger partial charge in [0.15, 0.2) is 0 Å². The van der Waals surface area contributed by atoms with Crippen LogP contribution in [0.25, 0.3) is 32.3 Å². The van der Waals surface area contributed by atoms with Crippen LogP contribution < -0.4 is 9.47 Å². The van der Waals surface area contributed by atoms with E-state index >= 15 is 0 Å². The van der Waals surface area contributed by atoms with Crippen LogP contribution in [0.1, 0.15) is 61.9 Å². The number of rotatable bonds is 12. The number of benzene rings is 5. The molecule has 0 saturated carbocycles. The molecule has 2 aliphatic heterocycles. The fourth-order valence-corrected chi connectivity index (χ4v) is 8.67. The molecule has 6 heteroatoms. The van der Waals surface area contributed by atoms with Gasteiger partial charge >= 0.3 is 0 Å². The third-order valence-electron chi connectivity index (χ3n) is 11.1. The number of ether oxygens (including phenoxy) is 2. The van der Waals surface area contributed by atoms with Gasteiger partial charge in [0.05, 0.1) is 22.9 Å². The molecule has 2 unspecified atom stereocenters. The van der Waals surface area contributed by atoms with E-state index in [4.69, 9.17) is 19.7 Å². The minimum atomic E-state index is -0.256. The lowest BCUT2D eigenvalue weighted by molar-refractivity contribution is 0.0423. The van der Waals surface area contributed by atoms with Crippen molar-refractivity contribution in [2.24, 2.45) is 0 Å². The van der Waals surface area contributed by atoms with E-state index in [1.807, 2.05) is 24.3 Å². The average molecular weight is 689 g/mol. The van der Waals surface area contributed by atoms with Gasteiger partial charge < -0.3 is 9.47 Å². The van der Waals surface area contributed by atoms with Gasteiger partial charge in [0, 0.05) is 24.2 Å². The van der Waals surface area contributed by atoms with Crippen molar-refractivity contribution < 1.29 is 9.47 Å². The SMILES string of the molecule is C=CCN1CCCC[C@H]1C(Oc1nnc(OC(c2cccc3ccccc23)[C@@H]2CCCCN2CC=C)c2ccccc12)c1cccc2ccccc12. The molecule has 264 valence electrons. The molecule has 0 N–H and O–H groups in total. The minimum Gasteiger partial charge on any atom is -0.466 e. The first-order valence-corrected chi connectivity index (χ1v) is 19.0. The number of hydrogen-bond donors (Lipinski definition) is 0. The Morgan fingerprint density at radius 3 is 1.38 bits per heavy atom. The summed E-state index contributed by atoms with van der Waals surface area (Å²) in [7, 11) is 0. The molecular weight excluding hydrogens is 641 g/mol. The maximum absolute atomic E-state index is 7.18. The quantitative estimate of drug-likeness (QED) is 0.119. The Bertz CT molecular complexity index is 2020. The molecule has 6 aromatic rings. The summed E-state index contributed by atoms with van der Waals surface area (Å²) in [5, 5.41) is 16.3. The topological polar surface area (TPSA) is 50.7 Å². The van der Waals surface area contributed by atoms with Crippen LogP contribution in [0, 0.1) is 0 Å². The highest BCUT2D eigenvalue weighted by molar-refractivity contribution is 5.91. The summed E-state index contributed by atoms with van der Waals surface area (Å²) in [5.74, 6) is 1.05. The van der Waals surface area contributed by atoms with Gasteiger partial charge in [0.25, 0.3) is 0 Å². The molecule has 0 radical (unpaired) electrons. The fraction of sp³-hybridized carbons (Fsp3) is 0.304. The van der Waals surface area contributed by atoms with Gasteiger partial charge in [0.1, 0.15) is 12.2 Å². The van der Waals surface area contributed by atoms with Crippen LogP contribution in [0.4, 0.5) is 0 Å². The molecule has 3 heterocycles. The summed E-state index contributed by atoms with van der Waals surface area (Å²) in [4.78, 5) is 5.04. The summed E-state index contributed by atoms with van der Waals surface area (Å²) in [5.41, 5.74) is 2.33. The first-order valence-electron chi connectivity index (χ1n) is 19.0. The lowest BCUT2D eigenvalue weighted by atomic mass is 9.90. The molecule has 0 aliphatic carbocycles. The highest BCUT2D eigenvalue weighted by atomic mass is 16.5. The van der Waals surface area contributed by atoms with Crippen LogP contribution in [0.5, 0.6) is 11.8 Å². The molecule has 4 atom stereocenters. The van der Waals surface area contributed by atoms with Crippen molar-refractivity contribution >= 4 is 32.3 Å². The number of fused-ring (bicyclic) bond motifs is 3. The lowest BCUT2D eigenvalue weighted by Crippen LogP contribution is -2.45. The Morgan fingerprint density at radius 2 is 0.942 bits per heavy atom. The minimum absolute atomic E-state index is 0.159. The van der Waals surface area contributed by atoms with Gasteiger partial charge in [-0.2, -0.15) is 0 Å². The molecule has 0 spiro atoms. The van der Waals surface area contributed by atoms with Crippen LogP contribution in [0.2, 0.25) is 0 Å². The molecule has 5 aromatic carbocycles. The monoisotopic (exact) mass is 688 g/mol. The molecular formula is C46H48N4O2. The van der Waals surface area contributed by atoms with Gasteiger partial charge in [-0.15, -0.1) is 23.4 Å². The van der Waals surface area contributed by atoms with Crippen LogP contribution in [-0.4, -0.2) is 58.3 Å². The van der Waals surface area contributed by atoms with Crippen molar-refractivity contribution in [2.75, 3.05) is 26.2 Å². The first-order chi connectivity index (χ1) is 25.7. The van der Waals surface area contributed by atoms with Crippen molar-refractivity contribution in [3.63, 3.8) is 0 Å². The Kier molecular flexibility index (Phi) is 10.3. The van der Waals surface area contributed by atoms with Gasteiger partial charge in [-0.3, -0.25) is 9.80 Å². The van der Waals surface area contributed by atoms with E-state index in [9.17, 15) is 0 Å². The fourth-order valence-electron chi connectivity index (χ4n) is 8.67. The molecule has 2 aliphatic rings. The number of aromatic nitrogens is 2. The Morgan fingerprint density at radius 1 is 0.538 bits per heavy atom. The summed E-state index contributed by atoms with van der Waals surface area (Å²) in [6, 6.07) is 38.8. The van der Waals surface area contributed by atoms with Crippen molar-refractivity contribution in [1.82, 2.24) is 20.0 Å². The second-order valence-electron chi connectivity index (χ2n) is 14.3. The van der Waals surface area contributed by atoms with Crippen molar-refractivity contribution in [3.05, 3.63) is 146 Å². The molecule has 2 fully saturated rings. The van der Waals surface area contributed by atoms with E-state index in [1.54, 1.807) is 0 Å². The van der Waals surface area contributed by atoms with Crippen molar-refractivity contribution in [3.8, 4) is 11.8 Å². The Hall–Kier alpha value is -5.04. The molecule has 8 rings (SSSR count). The van der Waals surface area contributed by atoms with Crippen molar-refractivity contribution in [2.45, 2.75) is 62.8 Å². The molecule has 1 aromatic heterocycles. The van der Waals surface area contributed by atoms with E-state index < -0.39 is 0 Å². The number of likely N-dealkylation sites (tertiary alicyclic amines) is 2. The molecule has 0 bridgehead atoms. The van der Waals surface area contributed by atoms with Gasteiger partial charge in [-0.05, 0) is 72.5 Å². The second kappa shape index (κ2) is 15.7. The molecule has 52 heavy (non-hydrogen) atoms. The number of hydrogen-bond acceptors (Lipinski definition) is 6. The van der Waals surface area contributed by atoms with Crippen LogP contribution in [0.3, 0.4) is 0 Å². The van der Waals surface area contributed by atoms with E-state index in [0.717, 1.165) is 62.6 Å². The number of nitrogens with zero attached hydrogens (tertiary/aromatic N) is 4. The second-order valence-corrected chi connectivity index (χ2v) is 14.3. The zero-order valence-corrected chi connectivity index (χ0v) is 29.9. The Balaban J connectivity index is 1.22. The largest absolute Gasteiger partial charge is 0.466 e. The van der Waals surface area contributed by atoms with Crippen molar-refractivity contribution in [1.29, 1.82) is 0 Å². The molecule has 6 nitrogen and oxygen atoms in total. The third kappa shape index (κ3) is 6.81. The van der Waals surface area contributed by atoms with Crippen LogP contribution in [-0.2, 0) is 0 Å². The summed E-state index contributed by atoms with van der Waals surface area (Å²) in [6.45, 7) is 11.8. The standard InChI is InChI=1S/C46H48N4O2/c1-3-29-49-31-13-11-27-41(49)43(37-25-15-19-33-17-5-7-21-35(33)37)51-45-39-23-9-10-24-40(39)46(48-47-45)52-44(42-28-12-14-32-50(42)30-4-2)38-26-16-20-34-18-6-8-22-36(34)38/h3-10,15-26,41-44H,1-2,11-14,27-32H2/t41-,42-,43?,44?/m0/s1. The highest BCUT2D eigenvalue weighted by Gasteiger charge is 2.36. The number of piperidine rings is 2. The smallest absolute Gasteiger partial charge is 0.242 e. The average Bonchev–Trinajstić information content (AvgIpc) is 3.20. The zero-order chi connectivity index (χ0) is 35.3. The maximum atomic E-state index is 7.18. The van der Waals surface area contributed by atoms with E-state index in [2.05, 4.69) is 120 Å². The van der Waals surface area contributed by atoms with Gasteiger partial charge in [-0.1, -0.05) is 122 Å². The van der Waals surface area contributed by atoms with E-state index in [-0.39, 0.29) is 24.3 Å². The van der Waals surface area contributed by atoms with Gasteiger partial charge in [0.2, 0.25) is 11.8 Å². The first kappa shape index (κ1) is 34.1. The van der Waals surface area contributed by atoms with E-state index in [0.29, 0.717) is 11.8 Å². The van der Waals surface area contributed by atoms with Crippen LogP contribution >= 0.6 is 0 Å². The maximum Gasteiger partial charge on any atom is 0.242 e. The van der Waals surface area contributed by atoms with Gasteiger partial charge in [-0.25, -0.2) is 0 Å². The summed E-state index contributed by atoms with van der Waals surface area (Å²) < 4.78 is 14.4. The highest BCUT2D eigenvalue weighted by Crippen LogP contribution is 2.41. The predicted molar refractivity (Wildman–Crippen MR) is 213 cm³/mol. The predicted octanol–water partition coefficient (Wildman–Crippen LogP) is 10.3. The lowest BCUT2D eigenvalue weighted by Gasteiger charge is -2.40. The third-order valence-corrected chi connectivity index (χ3v) is 11.1. The summed E-state index contributed by atoms with van der Waals surface area (Å²) in [6.07, 6.45) is 10.2. The normalized spacial score (nSPS) is 19.7. The summed E-state index contributed by atoms with van der Waals surface area (Å²) >= 11 is 0. The van der Waals surface area contributed by atoms with E-state index in [1.165, 1.54) is 45.5 Å².